The second-order valence-corrected chi connectivity index (χ2v) is 8.09. The molecule has 0 unspecified atom stereocenters. The summed E-state index contributed by atoms with van der Waals surface area (Å²) in [6.07, 6.45) is 2.54. The number of carbonyl (C=O) groups excluding carboxylic acids is 2. The van der Waals surface area contributed by atoms with Crippen LogP contribution in [0.15, 0.2) is 18.2 Å². The highest BCUT2D eigenvalue weighted by molar-refractivity contribution is 6.01. The van der Waals surface area contributed by atoms with Crippen LogP contribution in [0.25, 0.3) is 0 Å². The van der Waals surface area contributed by atoms with E-state index in [-0.39, 0.29) is 23.8 Å². The third kappa shape index (κ3) is 3.44. The van der Waals surface area contributed by atoms with Gasteiger partial charge in [-0.05, 0) is 56.7 Å². The van der Waals surface area contributed by atoms with Crippen molar-refractivity contribution in [2.45, 2.75) is 66.0 Å². The van der Waals surface area contributed by atoms with Gasteiger partial charge in [-0.3, -0.25) is 9.59 Å². The lowest BCUT2D eigenvalue weighted by atomic mass is 10.0. The molecule has 1 saturated carbocycles. The molecule has 25 heavy (non-hydrogen) atoms. The quantitative estimate of drug-likeness (QED) is 0.819. The molecule has 0 N–H and O–H groups in total. The Morgan fingerprint density at radius 2 is 1.88 bits per heavy atom. The molecule has 0 bridgehead atoms. The van der Waals surface area contributed by atoms with Gasteiger partial charge in [-0.25, -0.2) is 0 Å². The highest BCUT2D eigenvalue weighted by atomic mass is 16.2. The minimum absolute atomic E-state index is 0.0694. The van der Waals surface area contributed by atoms with Gasteiger partial charge in [0.2, 0.25) is 11.8 Å². The first-order chi connectivity index (χ1) is 11.8. The zero-order chi connectivity index (χ0) is 18.3. The number of aryl methyl sites for hydroxylation is 1. The minimum Gasteiger partial charge on any atom is -0.336 e. The molecule has 1 heterocycles. The fraction of sp³-hybridized carbons (Fsp3) is 0.619. The Morgan fingerprint density at radius 3 is 2.48 bits per heavy atom. The number of hydrogen-bond donors (Lipinski definition) is 0. The zero-order valence-electron chi connectivity index (χ0n) is 16.1. The summed E-state index contributed by atoms with van der Waals surface area (Å²) in [7, 11) is 0. The average Bonchev–Trinajstić information content (AvgIpc) is 3.32. The number of hydrogen-bond acceptors (Lipinski definition) is 2. The molecule has 2 atom stereocenters. The standard InChI is InChI=1S/C21H30N2O2/c1-13(2)16(5)23(18-9-10-18)21(25)17-11-20(24)22(12-17)19-8-6-7-14(3)15(19)4/h6-8,13,16-18H,9-12H2,1-5H3/t16-,17+/m0/s1. The van der Waals surface area contributed by atoms with Crippen LogP contribution in [0.5, 0.6) is 0 Å². The van der Waals surface area contributed by atoms with E-state index in [0.717, 1.165) is 24.1 Å². The van der Waals surface area contributed by atoms with E-state index in [2.05, 4.69) is 38.7 Å². The maximum atomic E-state index is 13.2. The Hall–Kier alpha value is -1.84. The number of amides is 2. The lowest BCUT2D eigenvalue weighted by molar-refractivity contribution is -0.139. The van der Waals surface area contributed by atoms with Gasteiger partial charge in [0.25, 0.3) is 0 Å². The van der Waals surface area contributed by atoms with E-state index in [4.69, 9.17) is 0 Å². The Kier molecular flexibility index (Phi) is 4.90. The van der Waals surface area contributed by atoms with Gasteiger partial charge >= 0.3 is 0 Å². The van der Waals surface area contributed by atoms with E-state index in [9.17, 15) is 9.59 Å². The smallest absolute Gasteiger partial charge is 0.228 e. The Bertz CT molecular complexity index is 678. The zero-order valence-corrected chi connectivity index (χ0v) is 16.1. The molecule has 1 aliphatic heterocycles. The minimum atomic E-state index is -0.214. The fourth-order valence-corrected chi connectivity index (χ4v) is 3.73. The van der Waals surface area contributed by atoms with Gasteiger partial charge in [0.15, 0.2) is 0 Å². The van der Waals surface area contributed by atoms with Crippen LogP contribution in [0.1, 0.15) is 51.2 Å². The predicted octanol–water partition coefficient (Wildman–Crippen LogP) is 3.69. The second-order valence-electron chi connectivity index (χ2n) is 8.09. The topological polar surface area (TPSA) is 40.6 Å². The molecule has 3 rings (SSSR count). The third-order valence-electron chi connectivity index (χ3n) is 5.94. The van der Waals surface area contributed by atoms with Gasteiger partial charge in [0.1, 0.15) is 0 Å². The summed E-state index contributed by atoms with van der Waals surface area (Å²) in [5, 5.41) is 0. The Morgan fingerprint density at radius 1 is 1.20 bits per heavy atom. The van der Waals surface area contributed by atoms with Crippen molar-refractivity contribution in [2.24, 2.45) is 11.8 Å². The summed E-state index contributed by atoms with van der Waals surface area (Å²) in [4.78, 5) is 29.7. The average molecular weight is 342 g/mol. The third-order valence-corrected chi connectivity index (χ3v) is 5.94. The van der Waals surface area contributed by atoms with E-state index < -0.39 is 0 Å². The molecule has 1 saturated heterocycles. The van der Waals surface area contributed by atoms with Crippen molar-refractivity contribution >= 4 is 17.5 Å². The molecule has 0 aromatic heterocycles. The van der Waals surface area contributed by atoms with Crippen LogP contribution < -0.4 is 4.90 Å². The first-order valence-corrected chi connectivity index (χ1v) is 9.50. The van der Waals surface area contributed by atoms with Crippen LogP contribution in [0.2, 0.25) is 0 Å². The van der Waals surface area contributed by atoms with Crippen molar-refractivity contribution in [3.63, 3.8) is 0 Å². The maximum absolute atomic E-state index is 13.2. The number of benzene rings is 1. The number of anilines is 1. The molecule has 1 aromatic carbocycles. The van der Waals surface area contributed by atoms with E-state index in [0.29, 0.717) is 24.9 Å². The lowest BCUT2D eigenvalue weighted by Gasteiger charge is -2.34. The Labute approximate surface area is 151 Å². The van der Waals surface area contributed by atoms with E-state index in [1.165, 1.54) is 5.56 Å². The predicted molar refractivity (Wildman–Crippen MR) is 101 cm³/mol. The molecule has 1 aromatic rings. The van der Waals surface area contributed by atoms with Gasteiger partial charge in [0, 0.05) is 30.7 Å². The molecule has 0 spiro atoms. The van der Waals surface area contributed by atoms with Crippen LogP contribution in [0, 0.1) is 25.7 Å². The Balaban J connectivity index is 1.79. The number of nitrogens with zero attached hydrogens (tertiary/aromatic N) is 2. The molecule has 2 amide bonds. The van der Waals surface area contributed by atoms with Gasteiger partial charge in [-0.15, -0.1) is 0 Å². The van der Waals surface area contributed by atoms with Crippen LogP contribution >= 0.6 is 0 Å². The second kappa shape index (κ2) is 6.81. The van der Waals surface area contributed by atoms with E-state index in [1.807, 2.05) is 24.0 Å². The van der Waals surface area contributed by atoms with Crippen LogP contribution in [0.4, 0.5) is 5.69 Å². The summed E-state index contributed by atoms with van der Waals surface area (Å²) in [5.41, 5.74) is 3.25. The van der Waals surface area contributed by atoms with Crippen LogP contribution in [-0.4, -0.2) is 35.3 Å². The fourth-order valence-electron chi connectivity index (χ4n) is 3.73. The molecule has 4 heteroatoms. The van der Waals surface area contributed by atoms with Crippen molar-refractivity contribution in [1.29, 1.82) is 0 Å². The molecule has 0 radical (unpaired) electrons. The van der Waals surface area contributed by atoms with Gasteiger partial charge in [-0.1, -0.05) is 26.0 Å². The summed E-state index contributed by atoms with van der Waals surface area (Å²) in [6.45, 7) is 11.1. The van der Waals surface area contributed by atoms with E-state index in [1.54, 1.807) is 0 Å². The molecule has 136 valence electrons. The first kappa shape index (κ1) is 18.0. The van der Waals surface area contributed by atoms with Gasteiger partial charge in [0.05, 0.1) is 5.92 Å². The van der Waals surface area contributed by atoms with E-state index >= 15 is 0 Å². The van der Waals surface area contributed by atoms with Crippen LogP contribution in [-0.2, 0) is 9.59 Å². The monoisotopic (exact) mass is 342 g/mol. The number of carbonyl (C=O) groups is 2. The molecule has 2 fully saturated rings. The van der Waals surface area contributed by atoms with Crippen molar-refractivity contribution < 1.29 is 9.59 Å². The summed E-state index contributed by atoms with van der Waals surface area (Å²) in [5.74, 6) is 0.454. The largest absolute Gasteiger partial charge is 0.336 e. The molecule has 1 aliphatic carbocycles. The SMILES string of the molecule is Cc1cccc(N2C[C@H](C(=O)N(C3CC3)[C@@H](C)C(C)C)CC2=O)c1C. The summed E-state index contributed by atoms with van der Waals surface area (Å²) in [6, 6.07) is 6.64. The molecular weight excluding hydrogens is 312 g/mol. The van der Waals surface area contributed by atoms with Gasteiger partial charge in [-0.2, -0.15) is 0 Å². The lowest BCUT2D eigenvalue weighted by Crippen LogP contribution is -2.46. The van der Waals surface area contributed by atoms with Crippen molar-refractivity contribution in [3.8, 4) is 0 Å². The maximum Gasteiger partial charge on any atom is 0.228 e. The normalized spacial score (nSPS) is 21.8. The van der Waals surface area contributed by atoms with Crippen LogP contribution in [0.3, 0.4) is 0 Å². The van der Waals surface area contributed by atoms with Crippen molar-refractivity contribution in [2.75, 3.05) is 11.4 Å². The van der Waals surface area contributed by atoms with Crippen molar-refractivity contribution in [3.05, 3.63) is 29.3 Å². The number of rotatable bonds is 5. The summed E-state index contributed by atoms with van der Waals surface area (Å²) >= 11 is 0. The first-order valence-electron chi connectivity index (χ1n) is 9.50. The summed E-state index contributed by atoms with van der Waals surface area (Å²) < 4.78 is 0. The highest BCUT2D eigenvalue weighted by Crippen LogP contribution is 2.35. The highest BCUT2D eigenvalue weighted by Gasteiger charge is 2.43. The van der Waals surface area contributed by atoms with Gasteiger partial charge < -0.3 is 9.80 Å². The molecule has 4 nitrogen and oxygen atoms in total. The van der Waals surface area contributed by atoms with Crippen molar-refractivity contribution in [1.82, 2.24) is 4.90 Å². The molecule has 2 aliphatic rings. The molecular formula is C21H30N2O2.